The van der Waals surface area contributed by atoms with Crippen LogP contribution in [0.3, 0.4) is 0 Å². The standard InChI is InChI=1S/C15H19NO4/c17-14(12-6-1-3-9-16-12)20-13-7-5-11-19-15(13)8-2-4-10-18-15/h1,3,6,9,13H,2,4-5,7-8,10-11H2. The molecule has 0 amide bonds. The van der Waals surface area contributed by atoms with Crippen LogP contribution in [0.5, 0.6) is 0 Å². The number of carbonyl (C=O) groups excluding carboxylic acids is 1. The lowest BCUT2D eigenvalue weighted by molar-refractivity contribution is -0.313. The van der Waals surface area contributed by atoms with E-state index in [1.165, 1.54) is 0 Å². The molecule has 0 aliphatic carbocycles. The van der Waals surface area contributed by atoms with Crippen LogP contribution in [0, 0.1) is 0 Å². The fourth-order valence-corrected chi connectivity index (χ4v) is 2.81. The molecule has 2 saturated heterocycles. The van der Waals surface area contributed by atoms with Gasteiger partial charge in [0.1, 0.15) is 5.69 Å². The fourth-order valence-electron chi connectivity index (χ4n) is 2.81. The first-order valence-electron chi connectivity index (χ1n) is 7.20. The van der Waals surface area contributed by atoms with Crippen molar-refractivity contribution >= 4 is 5.97 Å². The first-order chi connectivity index (χ1) is 9.80. The molecule has 20 heavy (non-hydrogen) atoms. The molecule has 2 atom stereocenters. The number of ether oxygens (including phenoxy) is 3. The van der Waals surface area contributed by atoms with Gasteiger partial charge in [0.2, 0.25) is 5.79 Å². The smallest absolute Gasteiger partial charge is 0.357 e. The SMILES string of the molecule is O=C(OC1CCCOC12CCCCO2)c1ccccn1. The first-order valence-corrected chi connectivity index (χ1v) is 7.20. The summed E-state index contributed by atoms with van der Waals surface area (Å²) in [4.78, 5) is 16.2. The van der Waals surface area contributed by atoms with Crippen LogP contribution in [-0.2, 0) is 14.2 Å². The number of esters is 1. The van der Waals surface area contributed by atoms with E-state index in [-0.39, 0.29) is 6.10 Å². The van der Waals surface area contributed by atoms with Crippen LogP contribution in [-0.4, -0.2) is 36.1 Å². The van der Waals surface area contributed by atoms with Crippen LogP contribution in [0.4, 0.5) is 0 Å². The molecule has 3 heterocycles. The Morgan fingerprint density at radius 3 is 2.85 bits per heavy atom. The molecule has 5 nitrogen and oxygen atoms in total. The minimum Gasteiger partial charge on any atom is -0.452 e. The number of rotatable bonds is 2. The molecule has 2 fully saturated rings. The number of hydrogen-bond acceptors (Lipinski definition) is 5. The molecule has 108 valence electrons. The van der Waals surface area contributed by atoms with Crippen molar-refractivity contribution < 1.29 is 19.0 Å². The molecule has 2 unspecified atom stereocenters. The Balaban J connectivity index is 1.72. The molecule has 2 aliphatic heterocycles. The molecular weight excluding hydrogens is 258 g/mol. The van der Waals surface area contributed by atoms with E-state index in [0.717, 1.165) is 32.1 Å². The van der Waals surface area contributed by atoms with E-state index in [9.17, 15) is 4.79 Å². The van der Waals surface area contributed by atoms with Gasteiger partial charge in [0.25, 0.3) is 0 Å². The molecule has 1 aromatic heterocycles. The summed E-state index contributed by atoms with van der Waals surface area (Å²) in [6, 6.07) is 5.19. The highest BCUT2D eigenvalue weighted by Gasteiger charge is 2.47. The van der Waals surface area contributed by atoms with Crippen molar-refractivity contribution in [3.63, 3.8) is 0 Å². The lowest BCUT2D eigenvalue weighted by Crippen LogP contribution is -2.54. The lowest BCUT2D eigenvalue weighted by atomic mass is 9.94. The summed E-state index contributed by atoms with van der Waals surface area (Å²) in [5, 5.41) is 0. The number of nitrogens with zero attached hydrogens (tertiary/aromatic N) is 1. The average Bonchev–Trinajstić information content (AvgIpc) is 2.51. The summed E-state index contributed by atoms with van der Waals surface area (Å²) in [5.41, 5.74) is 0.323. The van der Waals surface area contributed by atoms with Crippen molar-refractivity contribution in [1.29, 1.82) is 0 Å². The van der Waals surface area contributed by atoms with Crippen molar-refractivity contribution in [2.45, 2.75) is 44.0 Å². The van der Waals surface area contributed by atoms with Gasteiger partial charge < -0.3 is 14.2 Å². The monoisotopic (exact) mass is 277 g/mol. The highest BCUT2D eigenvalue weighted by Crippen LogP contribution is 2.36. The van der Waals surface area contributed by atoms with E-state index in [4.69, 9.17) is 14.2 Å². The second kappa shape index (κ2) is 5.89. The number of aromatic nitrogens is 1. The second-order valence-corrected chi connectivity index (χ2v) is 5.22. The molecule has 0 bridgehead atoms. The van der Waals surface area contributed by atoms with Crippen molar-refractivity contribution in [2.24, 2.45) is 0 Å². The zero-order valence-corrected chi connectivity index (χ0v) is 11.4. The number of carbonyl (C=O) groups is 1. The average molecular weight is 277 g/mol. The third-order valence-corrected chi connectivity index (χ3v) is 3.84. The quantitative estimate of drug-likeness (QED) is 0.776. The third kappa shape index (κ3) is 2.69. The van der Waals surface area contributed by atoms with Crippen LogP contribution < -0.4 is 0 Å². The van der Waals surface area contributed by atoms with E-state index < -0.39 is 11.8 Å². The Bertz CT molecular complexity index is 448. The molecule has 0 radical (unpaired) electrons. The van der Waals surface area contributed by atoms with E-state index in [1.807, 2.05) is 0 Å². The van der Waals surface area contributed by atoms with Crippen molar-refractivity contribution in [2.75, 3.05) is 13.2 Å². The second-order valence-electron chi connectivity index (χ2n) is 5.22. The summed E-state index contributed by atoms with van der Waals surface area (Å²) < 4.78 is 17.3. The topological polar surface area (TPSA) is 57.7 Å². The molecule has 3 rings (SSSR count). The van der Waals surface area contributed by atoms with Crippen molar-refractivity contribution in [3.05, 3.63) is 30.1 Å². The molecule has 1 spiro atoms. The molecule has 0 N–H and O–H groups in total. The van der Waals surface area contributed by atoms with Crippen LogP contribution in [0.1, 0.15) is 42.6 Å². The van der Waals surface area contributed by atoms with Gasteiger partial charge >= 0.3 is 5.97 Å². The van der Waals surface area contributed by atoms with E-state index in [2.05, 4.69) is 4.98 Å². The Hall–Kier alpha value is -1.46. The van der Waals surface area contributed by atoms with Gasteiger partial charge in [-0.25, -0.2) is 9.78 Å². The van der Waals surface area contributed by atoms with E-state index in [1.54, 1.807) is 24.4 Å². The number of hydrogen-bond donors (Lipinski definition) is 0. The van der Waals surface area contributed by atoms with Gasteiger partial charge in [0.05, 0.1) is 13.2 Å². The zero-order valence-electron chi connectivity index (χ0n) is 11.4. The van der Waals surface area contributed by atoms with Crippen molar-refractivity contribution in [3.8, 4) is 0 Å². The van der Waals surface area contributed by atoms with Crippen LogP contribution in [0.25, 0.3) is 0 Å². The summed E-state index contributed by atoms with van der Waals surface area (Å²) in [7, 11) is 0. The Morgan fingerprint density at radius 2 is 2.10 bits per heavy atom. The van der Waals surface area contributed by atoms with Gasteiger partial charge in [-0.2, -0.15) is 0 Å². The predicted octanol–water partition coefficient (Wildman–Crippen LogP) is 2.31. The lowest BCUT2D eigenvalue weighted by Gasteiger charge is -2.44. The van der Waals surface area contributed by atoms with Gasteiger partial charge in [-0.15, -0.1) is 0 Å². The molecule has 0 saturated carbocycles. The highest BCUT2D eigenvalue weighted by molar-refractivity contribution is 5.87. The normalized spacial score (nSPS) is 30.1. The van der Waals surface area contributed by atoms with Gasteiger partial charge in [0, 0.05) is 12.6 Å². The molecular formula is C15H19NO4. The minimum atomic E-state index is -0.735. The maximum Gasteiger partial charge on any atom is 0.357 e. The molecule has 2 aliphatic rings. The number of pyridine rings is 1. The van der Waals surface area contributed by atoms with Crippen LogP contribution in [0.15, 0.2) is 24.4 Å². The Labute approximate surface area is 118 Å². The summed E-state index contributed by atoms with van der Waals surface area (Å²) >= 11 is 0. The van der Waals surface area contributed by atoms with Gasteiger partial charge in [-0.05, 0) is 37.8 Å². The third-order valence-electron chi connectivity index (χ3n) is 3.84. The first kappa shape index (κ1) is 13.5. The fraction of sp³-hybridized carbons (Fsp3) is 0.600. The van der Waals surface area contributed by atoms with Crippen LogP contribution >= 0.6 is 0 Å². The molecule has 5 heteroatoms. The predicted molar refractivity (Wildman–Crippen MR) is 71.2 cm³/mol. The largest absolute Gasteiger partial charge is 0.452 e. The minimum absolute atomic E-state index is 0.323. The Morgan fingerprint density at radius 1 is 1.25 bits per heavy atom. The maximum absolute atomic E-state index is 12.1. The zero-order chi connectivity index (χ0) is 13.8. The van der Waals surface area contributed by atoms with E-state index in [0.29, 0.717) is 18.9 Å². The van der Waals surface area contributed by atoms with Gasteiger partial charge in [-0.1, -0.05) is 6.07 Å². The maximum atomic E-state index is 12.1. The van der Waals surface area contributed by atoms with Gasteiger partial charge in [0.15, 0.2) is 6.10 Å². The van der Waals surface area contributed by atoms with Crippen molar-refractivity contribution in [1.82, 2.24) is 4.98 Å². The molecule has 0 aromatic carbocycles. The van der Waals surface area contributed by atoms with E-state index >= 15 is 0 Å². The van der Waals surface area contributed by atoms with Gasteiger partial charge in [-0.3, -0.25) is 0 Å². The summed E-state index contributed by atoms with van der Waals surface area (Å²) in [6.45, 7) is 1.33. The Kier molecular flexibility index (Phi) is 3.98. The summed E-state index contributed by atoms with van der Waals surface area (Å²) in [5.74, 6) is -1.14. The van der Waals surface area contributed by atoms with Crippen LogP contribution in [0.2, 0.25) is 0 Å². The molecule has 1 aromatic rings. The summed E-state index contributed by atoms with van der Waals surface area (Å²) in [6.07, 6.45) is 5.76. The highest BCUT2D eigenvalue weighted by atomic mass is 16.7.